The Labute approximate surface area is 139 Å². The third-order valence-electron chi connectivity index (χ3n) is 3.88. The van der Waals surface area contributed by atoms with Crippen molar-refractivity contribution in [2.75, 3.05) is 26.9 Å². The molecule has 3 atom stereocenters. The van der Waals surface area contributed by atoms with Crippen LogP contribution < -0.4 is 0 Å². The molecule has 23 heavy (non-hydrogen) atoms. The zero-order valence-corrected chi connectivity index (χ0v) is 14.5. The van der Waals surface area contributed by atoms with E-state index in [1.54, 1.807) is 7.11 Å². The highest BCUT2D eigenvalue weighted by atomic mass is 16.5. The summed E-state index contributed by atoms with van der Waals surface area (Å²) in [4.78, 5) is 10.8. The van der Waals surface area contributed by atoms with Gasteiger partial charge in [0.25, 0.3) is 0 Å². The Morgan fingerprint density at radius 1 is 1.39 bits per heavy atom. The van der Waals surface area contributed by atoms with E-state index < -0.39 is 5.97 Å². The number of carboxylic acids is 1. The normalized spacial score (nSPS) is 31.6. The monoisotopic (exact) mass is 326 g/mol. The molecular formula is C18H30O5. The van der Waals surface area contributed by atoms with Gasteiger partial charge in [-0.3, -0.25) is 0 Å². The van der Waals surface area contributed by atoms with Crippen LogP contribution in [0, 0.1) is 5.92 Å². The van der Waals surface area contributed by atoms with Crippen LogP contribution in [0.3, 0.4) is 0 Å². The molecule has 0 saturated heterocycles. The highest BCUT2D eigenvalue weighted by Gasteiger charge is 2.26. The summed E-state index contributed by atoms with van der Waals surface area (Å²) in [6.45, 7) is 5.09. The van der Waals surface area contributed by atoms with E-state index in [9.17, 15) is 4.79 Å². The predicted molar refractivity (Wildman–Crippen MR) is 89.5 cm³/mol. The fourth-order valence-electron chi connectivity index (χ4n) is 2.73. The van der Waals surface area contributed by atoms with Gasteiger partial charge in [0.2, 0.25) is 0 Å². The van der Waals surface area contributed by atoms with Crippen molar-refractivity contribution in [1.29, 1.82) is 0 Å². The molecule has 0 aromatic heterocycles. The molecule has 0 amide bonds. The van der Waals surface area contributed by atoms with E-state index in [0.29, 0.717) is 6.61 Å². The molecule has 1 N–H and O–H groups in total. The minimum absolute atomic E-state index is 0.0236. The van der Waals surface area contributed by atoms with Crippen LogP contribution in [-0.2, 0) is 19.0 Å². The average Bonchev–Trinajstić information content (AvgIpc) is 2.50. The van der Waals surface area contributed by atoms with Gasteiger partial charge < -0.3 is 19.3 Å². The molecule has 0 aliphatic carbocycles. The van der Waals surface area contributed by atoms with E-state index in [2.05, 4.69) is 12.2 Å². The first-order valence-electron chi connectivity index (χ1n) is 8.32. The first kappa shape index (κ1) is 19.9. The molecule has 1 aliphatic heterocycles. The fourth-order valence-corrected chi connectivity index (χ4v) is 2.73. The second kappa shape index (κ2) is 11.4. The first-order valence-corrected chi connectivity index (χ1v) is 8.32. The summed E-state index contributed by atoms with van der Waals surface area (Å²) < 4.78 is 16.8. The molecule has 0 saturated carbocycles. The second-order valence-corrected chi connectivity index (χ2v) is 6.07. The first-order chi connectivity index (χ1) is 11.0. The molecule has 1 rings (SSSR count). The van der Waals surface area contributed by atoms with Crippen LogP contribution in [0.2, 0.25) is 0 Å². The van der Waals surface area contributed by atoms with E-state index in [4.69, 9.17) is 19.3 Å². The van der Waals surface area contributed by atoms with Gasteiger partial charge in [0.05, 0.1) is 12.7 Å². The van der Waals surface area contributed by atoms with Gasteiger partial charge >= 0.3 is 5.97 Å². The molecule has 0 radical (unpaired) electrons. The predicted octanol–water partition coefficient (Wildman–Crippen LogP) is 3.20. The highest BCUT2D eigenvalue weighted by molar-refractivity contribution is 5.68. The second-order valence-electron chi connectivity index (χ2n) is 6.07. The zero-order valence-electron chi connectivity index (χ0n) is 14.5. The SMILES string of the molecule is COC1/C=C/CCCCCOC/C(C)=C\C(C)C1OCC(=O)O. The molecule has 132 valence electrons. The van der Waals surface area contributed by atoms with Crippen LogP contribution >= 0.6 is 0 Å². The number of hydrogen-bond acceptors (Lipinski definition) is 4. The Hall–Kier alpha value is -1.17. The van der Waals surface area contributed by atoms with E-state index in [0.717, 1.165) is 37.9 Å². The summed E-state index contributed by atoms with van der Waals surface area (Å²) in [5.74, 6) is -0.949. The summed E-state index contributed by atoms with van der Waals surface area (Å²) in [6, 6.07) is 0. The fraction of sp³-hybridized carbons (Fsp3) is 0.722. The van der Waals surface area contributed by atoms with E-state index in [-0.39, 0.29) is 24.7 Å². The molecule has 0 aromatic rings. The summed E-state index contributed by atoms with van der Waals surface area (Å²) in [5.41, 5.74) is 1.12. The van der Waals surface area contributed by atoms with Gasteiger partial charge in [-0.05, 0) is 26.2 Å². The molecule has 0 aromatic carbocycles. The van der Waals surface area contributed by atoms with Crippen molar-refractivity contribution in [3.63, 3.8) is 0 Å². The highest BCUT2D eigenvalue weighted by Crippen LogP contribution is 2.19. The summed E-state index contributed by atoms with van der Waals surface area (Å²) in [5, 5.41) is 8.90. The number of rotatable bonds is 4. The van der Waals surface area contributed by atoms with Crippen molar-refractivity contribution in [2.24, 2.45) is 5.92 Å². The topological polar surface area (TPSA) is 65.0 Å². The Balaban J connectivity index is 2.89. The van der Waals surface area contributed by atoms with E-state index in [1.165, 1.54) is 0 Å². The number of hydrogen-bond donors (Lipinski definition) is 1. The molecule has 3 unspecified atom stereocenters. The third-order valence-corrected chi connectivity index (χ3v) is 3.88. The number of carbonyl (C=O) groups is 1. The Morgan fingerprint density at radius 2 is 2.17 bits per heavy atom. The van der Waals surface area contributed by atoms with Gasteiger partial charge in [-0.2, -0.15) is 0 Å². The summed E-state index contributed by atoms with van der Waals surface area (Å²) in [7, 11) is 1.63. The maximum atomic E-state index is 10.8. The van der Waals surface area contributed by atoms with Crippen molar-refractivity contribution >= 4 is 5.97 Å². The van der Waals surface area contributed by atoms with Gasteiger partial charge in [-0.25, -0.2) is 4.79 Å². The van der Waals surface area contributed by atoms with E-state index >= 15 is 0 Å². The van der Waals surface area contributed by atoms with Crippen molar-refractivity contribution in [2.45, 2.75) is 51.7 Å². The molecule has 5 heteroatoms. The standard InChI is InChI=1S/C18H30O5/c1-14-11-15(2)18(23-13-17(19)20)16(21-3)9-7-5-4-6-8-10-22-12-14/h7,9,11,15-16,18H,4-6,8,10,12-13H2,1-3H3,(H,19,20)/b9-7+,14-11-. The van der Waals surface area contributed by atoms with Gasteiger partial charge in [-0.1, -0.05) is 37.1 Å². The van der Waals surface area contributed by atoms with Gasteiger partial charge in [0.1, 0.15) is 12.7 Å². The van der Waals surface area contributed by atoms with Crippen LogP contribution in [0.1, 0.15) is 39.5 Å². The number of allylic oxidation sites excluding steroid dienone is 1. The van der Waals surface area contributed by atoms with Crippen LogP contribution in [0.4, 0.5) is 0 Å². The minimum atomic E-state index is -0.973. The molecule has 0 spiro atoms. The Bertz CT molecular complexity index is 402. The number of aliphatic carboxylic acids is 1. The third kappa shape index (κ3) is 8.30. The van der Waals surface area contributed by atoms with Crippen molar-refractivity contribution in [3.8, 4) is 0 Å². The maximum Gasteiger partial charge on any atom is 0.329 e. The lowest BCUT2D eigenvalue weighted by Crippen LogP contribution is -2.36. The van der Waals surface area contributed by atoms with Crippen LogP contribution in [0.25, 0.3) is 0 Å². The molecule has 1 aliphatic rings. The molecule has 0 fully saturated rings. The van der Waals surface area contributed by atoms with E-state index in [1.807, 2.05) is 19.9 Å². The Morgan fingerprint density at radius 3 is 2.87 bits per heavy atom. The average molecular weight is 326 g/mol. The lowest BCUT2D eigenvalue weighted by atomic mass is 9.96. The zero-order chi connectivity index (χ0) is 17.1. The Kier molecular flexibility index (Phi) is 9.83. The van der Waals surface area contributed by atoms with Crippen LogP contribution in [0.15, 0.2) is 23.8 Å². The molecule has 5 nitrogen and oxygen atoms in total. The molecule has 0 bridgehead atoms. The van der Waals surface area contributed by atoms with Gasteiger partial charge in [0, 0.05) is 19.6 Å². The number of ether oxygens (including phenoxy) is 3. The van der Waals surface area contributed by atoms with Crippen molar-refractivity contribution in [3.05, 3.63) is 23.8 Å². The lowest BCUT2D eigenvalue weighted by Gasteiger charge is -2.28. The van der Waals surface area contributed by atoms with Gasteiger partial charge in [0.15, 0.2) is 0 Å². The van der Waals surface area contributed by atoms with Crippen molar-refractivity contribution in [1.82, 2.24) is 0 Å². The van der Waals surface area contributed by atoms with Crippen LogP contribution in [0.5, 0.6) is 0 Å². The number of carboxylic acid groups (broad SMARTS) is 1. The maximum absolute atomic E-state index is 10.8. The van der Waals surface area contributed by atoms with Crippen LogP contribution in [-0.4, -0.2) is 50.2 Å². The number of methoxy groups -OCH3 is 1. The summed E-state index contributed by atoms with van der Waals surface area (Å²) >= 11 is 0. The minimum Gasteiger partial charge on any atom is -0.480 e. The van der Waals surface area contributed by atoms with Crippen molar-refractivity contribution < 1.29 is 24.1 Å². The quantitative estimate of drug-likeness (QED) is 0.804. The largest absolute Gasteiger partial charge is 0.480 e. The molecule has 1 heterocycles. The summed E-state index contributed by atoms with van der Waals surface area (Å²) in [6.07, 6.45) is 9.88. The lowest BCUT2D eigenvalue weighted by molar-refractivity contribution is -0.148. The smallest absolute Gasteiger partial charge is 0.329 e. The molecular weight excluding hydrogens is 296 g/mol. The van der Waals surface area contributed by atoms with Gasteiger partial charge in [-0.15, -0.1) is 0 Å².